The van der Waals surface area contributed by atoms with Crippen LogP contribution >= 0.6 is 15.9 Å². The second-order valence-electron chi connectivity index (χ2n) is 4.69. The van der Waals surface area contributed by atoms with Crippen molar-refractivity contribution in [3.05, 3.63) is 16.4 Å². The molecule has 0 aliphatic heterocycles. The van der Waals surface area contributed by atoms with Gasteiger partial charge in [-0.05, 0) is 47.7 Å². The van der Waals surface area contributed by atoms with Crippen molar-refractivity contribution in [2.75, 3.05) is 6.54 Å². The molecule has 1 aromatic rings. The van der Waals surface area contributed by atoms with Crippen LogP contribution in [0.2, 0.25) is 0 Å². The second kappa shape index (κ2) is 4.47. The third-order valence-electron chi connectivity index (χ3n) is 3.70. The van der Waals surface area contributed by atoms with Crippen LogP contribution in [0.5, 0.6) is 0 Å². The van der Waals surface area contributed by atoms with Crippen LogP contribution in [0.3, 0.4) is 0 Å². The summed E-state index contributed by atoms with van der Waals surface area (Å²) >= 11 is 3.39. The van der Waals surface area contributed by atoms with Gasteiger partial charge in [-0.3, -0.25) is 4.68 Å². The fourth-order valence-electron chi connectivity index (χ4n) is 2.65. The molecule has 1 aliphatic rings. The summed E-state index contributed by atoms with van der Waals surface area (Å²) < 4.78 is 2.75. The first-order valence-electron chi connectivity index (χ1n) is 5.65. The molecule has 1 aromatic heterocycles. The predicted molar refractivity (Wildman–Crippen MR) is 66.1 cm³/mol. The van der Waals surface area contributed by atoms with Gasteiger partial charge in [0.15, 0.2) is 0 Å². The molecule has 0 saturated heterocycles. The van der Waals surface area contributed by atoms with Crippen molar-refractivity contribution in [1.82, 2.24) is 9.78 Å². The quantitative estimate of drug-likeness (QED) is 0.862. The van der Waals surface area contributed by atoms with Gasteiger partial charge in [0.25, 0.3) is 0 Å². The molecule has 0 aromatic carbocycles. The van der Waals surface area contributed by atoms with Crippen molar-refractivity contribution >= 4 is 15.9 Å². The molecule has 0 atom stereocenters. The topological polar surface area (TPSA) is 64.1 Å². The summed E-state index contributed by atoms with van der Waals surface area (Å²) in [4.78, 5) is 0. The summed E-state index contributed by atoms with van der Waals surface area (Å²) in [6.45, 7) is 0.617. The van der Waals surface area contributed by atoms with E-state index in [0.717, 1.165) is 30.3 Å². The van der Waals surface area contributed by atoms with E-state index in [1.54, 1.807) is 0 Å². The molecule has 0 bridgehead atoms. The van der Waals surface area contributed by atoms with Crippen LogP contribution in [0.1, 0.15) is 31.4 Å². The van der Waals surface area contributed by atoms with Gasteiger partial charge in [-0.1, -0.05) is 0 Å². The predicted octanol–water partition coefficient (Wildman–Crippen LogP) is 1.31. The van der Waals surface area contributed by atoms with Crippen LogP contribution in [0, 0.1) is 0 Å². The Morgan fingerprint density at radius 1 is 1.62 bits per heavy atom. The molecule has 0 radical (unpaired) electrons. The molecular formula is C11H18BrN3O. The molecule has 1 aliphatic carbocycles. The van der Waals surface area contributed by atoms with Gasteiger partial charge in [0, 0.05) is 24.7 Å². The molecule has 0 unspecified atom stereocenters. The SMILES string of the molecule is Cn1nc(Br)cc1C1(CN)CCC(O)CC1. The molecular weight excluding hydrogens is 270 g/mol. The Kier molecular flexibility index (Phi) is 3.37. The van der Waals surface area contributed by atoms with Crippen molar-refractivity contribution < 1.29 is 5.11 Å². The van der Waals surface area contributed by atoms with E-state index < -0.39 is 0 Å². The third kappa shape index (κ3) is 2.04. The zero-order chi connectivity index (χ0) is 11.8. The summed E-state index contributed by atoms with van der Waals surface area (Å²) in [6.07, 6.45) is 3.39. The highest BCUT2D eigenvalue weighted by Crippen LogP contribution is 2.39. The van der Waals surface area contributed by atoms with Gasteiger partial charge in [0.05, 0.1) is 6.10 Å². The van der Waals surface area contributed by atoms with E-state index in [-0.39, 0.29) is 11.5 Å². The fourth-order valence-corrected chi connectivity index (χ4v) is 3.10. The number of aliphatic hydroxyl groups is 1. The van der Waals surface area contributed by atoms with Crippen LogP contribution in [0.25, 0.3) is 0 Å². The number of hydrogen-bond donors (Lipinski definition) is 2. The van der Waals surface area contributed by atoms with E-state index >= 15 is 0 Å². The van der Waals surface area contributed by atoms with Crippen LogP contribution in [-0.4, -0.2) is 27.5 Å². The number of rotatable bonds is 2. The van der Waals surface area contributed by atoms with E-state index in [1.165, 1.54) is 5.69 Å². The number of nitrogens with two attached hydrogens (primary N) is 1. The second-order valence-corrected chi connectivity index (χ2v) is 5.50. The lowest BCUT2D eigenvalue weighted by molar-refractivity contribution is 0.0949. The molecule has 1 fully saturated rings. The molecule has 3 N–H and O–H groups in total. The molecule has 2 rings (SSSR count). The molecule has 0 spiro atoms. The van der Waals surface area contributed by atoms with Crippen LogP contribution in [-0.2, 0) is 12.5 Å². The van der Waals surface area contributed by atoms with Gasteiger partial charge < -0.3 is 10.8 Å². The largest absolute Gasteiger partial charge is 0.393 e. The van der Waals surface area contributed by atoms with Gasteiger partial charge in [-0.2, -0.15) is 5.10 Å². The van der Waals surface area contributed by atoms with E-state index in [4.69, 9.17) is 5.73 Å². The van der Waals surface area contributed by atoms with Crippen molar-refractivity contribution in [3.63, 3.8) is 0 Å². The van der Waals surface area contributed by atoms with Gasteiger partial charge >= 0.3 is 0 Å². The normalized spacial score (nSPS) is 30.6. The minimum atomic E-state index is -0.156. The number of aliphatic hydroxyl groups excluding tert-OH is 1. The maximum Gasteiger partial charge on any atom is 0.128 e. The van der Waals surface area contributed by atoms with Crippen molar-refractivity contribution in [2.24, 2.45) is 12.8 Å². The van der Waals surface area contributed by atoms with Gasteiger partial charge in [-0.15, -0.1) is 0 Å². The highest BCUT2D eigenvalue weighted by Gasteiger charge is 2.37. The molecule has 1 heterocycles. The van der Waals surface area contributed by atoms with E-state index in [2.05, 4.69) is 21.0 Å². The Morgan fingerprint density at radius 2 is 2.25 bits per heavy atom. The van der Waals surface area contributed by atoms with E-state index in [9.17, 15) is 5.11 Å². The molecule has 1 saturated carbocycles. The zero-order valence-electron chi connectivity index (χ0n) is 9.49. The Hall–Kier alpha value is -0.390. The monoisotopic (exact) mass is 287 g/mol. The summed E-state index contributed by atoms with van der Waals surface area (Å²) in [5, 5.41) is 13.9. The first-order chi connectivity index (χ1) is 7.57. The maximum atomic E-state index is 9.59. The lowest BCUT2D eigenvalue weighted by atomic mass is 9.71. The Labute approximate surface area is 104 Å². The van der Waals surface area contributed by atoms with Crippen LogP contribution in [0.15, 0.2) is 10.7 Å². The first-order valence-corrected chi connectivity index (χ1v) is 6.45. The molecule has 4 nitrogen and oxygen atoms in total. The smallest absolute Gasteiger partial charge is 0.128 e. The summed E-state index contributed by atoms with van der Waals surface area (Å²) in [7, 11) is 1.95. The van der Waals surface area contributed by atoms with Gasteiger partial charge in [-0.25, -0.2) is 0 Å². The number of aromatic nitrogens is 2. The molecule has 0 amide bonds. The lowest BCUT2D eigenvalue weighted by Crippen LogP contribution is -2.41. The molecule has 90 valence electrons. The Bertz CT molecular complexity index is 369. The van der Waals surface area contributed by atoms with Crippen molar-refractivity contribution in [3.8, 4) is 0 Å². The summed E-state index contributed by atoms with van der Waals surface area (Å²) in [5.41, 5.74) is 7.12. The van der Waals surface area contributed by atoms with Crippen LogP contribution in [0.4, 0.5) is 0 Å². The lowest BCUT2D eigenvalue weighted by Gasteiger charge is -2.38. The Morgan fingerprint density at radius 3 is 2.69 bits per heavy atom. The average molecular weight is 288 g/mol. The van der Waals surface area contributed by atoms with E-state index in [1.807, 2.05) is 17.8 Å². The Balaban J connectivity index is 2.31. The summed E-state index contributed by atoms with van der Waals surface area (Å²) in [6, 6.07) is 2.05. The maximum absolute atomic E-state index is 9.59. The van der Waals surface area contributed by atoms with Crippen molar-refractivity contribution in [1.29, 1.82) is 0 Å². The number of nitrogens with zero attached hydrogens (tertiary/aromatic N) is 2. The van der Waals surface area contributed by atoms with Gasteiger partial charge in [0.2, 0.25) is 0 Å². The first kappa shape index (κ1) is 12.1. The minimum Gasteiger partial charge on any atom is -0.393 e. The van der Waals surface area contributed by atoms with Gasteiger partial charge in [0.1, 0.15) is 4.60 Å². The zero-order valence-corrected chi connectivity index (χ0v) is 11.1. The van der Waals surface area contributed by atoms with E-state index in [0.29, 0.717) is 6.54 Å². The number of aryl methyl sites for hydroxylation is 1. The standard InChI is InChI=1S/C11H18BrN3O/c1-15-9(6-10(12)14-15)11(7-13)4-2-8(16)3-5-11/h6,8,16H,2-5,7,13H2,1H3. The van der Waals surface area contributed by atoms with Crippen molar-refractivity contribution in [2.45, 2.75) is 37.2 Å². The average Bonchev–Trinajstić information content (AvgIpc) is 2.60. The highest BCUT2D eigenvalue weighted by molar-refractivity contribution is 9.10. The molecule has 16 heavy (non-hydrogen) atoms. The highest BCUT2D eigenvalue weighted by atomic mass is 79.9. The number of halogens is 1. The number of hydrogen-bond acceptors (Lipinski definition) is 3. The molecule has 5 heteroatoms. The minimum absolute atomic E-state index is 0.00694. The van der Waals surface area contributed by atoms with Crippen LogP contribution < -0.4 is 5.73 Å². The fraction of sp³-hybridized carbons (Fsp3) is 0.727. The third-order valence-corrected chi connectivity index (χ3v) is 4.08. The summed E-state index contributed by atoms with van der Waals surface area (Å²) in [5.74, 6) is 0.